The zero-order chi connectivity index (χ0) is 18.5. The average molecular weight is 365 g/mol. The zero-order valence-corrected chi connectivity index (χ0v) is 14.8. The number of piperazine rings is 1. The summed E-state index contributed by atoms with van der Waals surface area (Å²) < 4.78 is 26.4. The van der Waals surface area contributed by atoms with Crippen molar-refractivity contribution in [1.82, 2.24) is 15.1 Å². The zero-order valence-electron chi connectivity index (χ0n) is 14.8. The average Bonchev–Trinajstić information content (AvgIpc) is 3.43. The third-order valence-corrected chi connectivity index (χ3v) is 4.97. The molecule has 1 aromatic carbocycles. The number of amides is 2. The Morgan fingerprint density at radius 2 is 1.85 bits per heavy atom. The van der Waals surface area contributed by atoms with Crippen molar-refractivity contribution >= 4 is 11.8 Å². The van der Waals surface area contributed by atoms with Crippen molar-refractivity contribution in [2.24, 2.45) is 5.92 Å². The van der Waals surface area contributed by atoms with Crippen molar-refractivity contribution in [2.45, 2.75) is 25.7 Å². The van der Waals surface area contributed by atoms with Crippen molar-refractivity contribution in [1.29, 1.82) is 0 Å². The summed E-state index contributed by atoms with van der Waals surface area (Å²) in [7, 11) is 0. The van der Waals surface area contributed by atoms with Crippen LogP contribution in [0.3, 0.4) is 0 Å². The predicted molar refractivity (Wildman–Crippen MR) is 93.7 cm³/mol. The number of halogens is 2. The van der Waals surface area contributed by atoms with Crippen molar-refractivity contribution in [3.05, 3.63) is 35.4 Å². The van der Waals surface area contributed by atoms with Gasteiger partial charge in [-0.15, -0.1) is 0 Å². The topological polar surface area (TPSA) is 52.7 Å². The summed E-state index contributed by atoms with van der Waals surface area (Å²) in [5, 5.41) is 2.57. The van der Waals surface area contributed by atoms with Crippen LogP contribution in [-0.2, 0) is 4.79 Å². The number of nitrogens with one attached hydrogen (secondary N) is 1. The minimum atomic E-state index is -0.886. The van der Waals surface area contributed by atoms with Gasteiger partial charge in [0, 0.05) is 51.8 Å². The van der Waals surface area contributed by atoms with Crippen LogP contribution in [0, 0.1) is 17.6 Å². The van der Waals surface area contributed by atoms with Gasteiger partial charge in [0.1, 0.15) is 11.6 Å². The van der Waals surface area contributed by atoms with E-state index in [9.17, 15) is 18.4 Å². The molecular formula is C19H25F2N3O2. The maximum absolute atomic E-state index is 13.5. The molecule has 2 amide bonds. The molecule has 142 valence electrons. The summed E-state index contributed by atoms with van der Waals surface area (Å²) in [5.41, 5.74) is -0.190. The van der Waals surface area contributed by atoms with Gasteiger partial charge in [-0.3, -0.25) is 14.5 Å². The predicted octanol–water partition coefficient (Wildman–Crippen LogP) is 2.03. The number of carbonyl (C=O) groups excluding carboxylic acids is 2. The second kappa shape index (κ2) is 8.58. The lowest BCUT2D eigenvalue weighted by Crippen LogP contribution is -2.49. The van der Waals surface area contributed by atoms with Crippen molar-refractivity contribution in [2.75, 3.05) is 39.3 Å². The third-order valence-electron chi connectivity index (χ3n) is 4.97. The smallest absolute Gasteiger partial charge is 0.254 e. The Labute approximate surface area is 152 Å². The van der Waals surface area contributed by atoms with E-state index >= 15 is 0 Å². The first-order chi connectivity index (χ1) is 12.5. The molecule has 3 rings (SSSR count). The largest absolute Gasteiger partial charge is 0.352 e. The van der Waals surface area contributed by atoms with Gasteiger partial charge in [0.25, 0.3) is 5.91 Å². The summed E-state index contributed by atoms with van der Waals surface area (Å²) >= 11 is 0. The van der Waals surface area contributed by atoms with E-state index in [2.05, 4.69) is 10.2 Å². The molecule has 2 fully saturated rings. The summed E-state index contributed by atoms with van der Waals surface area (Å²) in [4.78, 5) is 28.4. The van der Waals surface area contributed by atoms with Gasteiger partial charge >= 0.3 is 0 Å². The Hall–Kier alpha value is -2.02. The van der Waals surface area contributed by atoms with Crippen LogP contribution in [0.4, 0.5) is 8.78 Å². The van der Waals surface area contributed by atoms with Crippen LogP contribution in [0.25, 0.3) is 0 Å². The normalized spacial score (nSPS) is 18.0. The maximum atomic E-state index is 13.5. The number of benzene rings is 1. The fourth-order valence-electron chi connectivity index (χ4n) is 3.21. The number of rotatable bonds is 7. The van der Waals surface area contributed by atoms with E-state index in [0.717, 1.165) is 50.8 Å². The lowest BCUT2D eigenvalue weighted by molar-refractivity contribution is -0.133. The molecule has 0 unspecified atom stereocenters. The molecule has 26 heavy (non-hydrogen) atoms. The first-order valence-corrected chi connectivity index (χ1v) is 9.26. The number of hydrogen-bond acceptors (Lipinski definition) is 3. The molecule has 1 saturated carbocycles. The SMILES string of the molecule is O=C(NCCCC(=O)N1CCN(CC2CC2)CC1)c1ccc(F)cc1F. The molecule has 0 atom stereocenters. The van der Waals surface area contributed by atoms with Crippen LogP contribution >= 0.6 is 0 Å². The fourth-order valence-corrected chi connectivity index (χ4v) is 3.21. The number of carbonyl (C=O) groups is 2. The molecule has 7 heteroatoms. The Morgan fingerprint density at radius 1 is 1.12 bits per heavy atom. The van der Waals surface area contributed by atoms with Crippen molar-refractivity contribution in [3.63, 3.8) is 0 Å². The number of nitrogens with zero attached hydrogens (tertiary/aromatic N) is 2. The molecule has 2 aliphatic rings. The first-order valence-electron chi connectivity index (χ1n) is 9.26. The standard InChI is InChI=1S/C19H25F2N3O2/c20-15-5-6-16(17(21)12-15)19(26)22-7-1-2-18(25)24-10-8-23(9-11-24)13-14-3-4-14/h5-6,12,14H,1-4,7-11,13H2,(H,22,26). The van der Waals surface area contributed by atoms with Crippen molar-refractivity contribution < 1.29 is 18.4 Å². The van der Waals surface area contributed by atoms with E-state index in [4.69, 9.17) is 0 Å². The Bertz CT molecular complexity index is 656. The molecule has 1 saturated heterocycles. The van der Waals surface area contributed by atoms with E-state index in [1.165, 1.54) is 12.8 Å². The molecule has 1 heterocycles. The summed E-state index contributed by atoms with van der Waals surface area (Å²) in [5.74, 6) is -1.24. The van der Waals surface area contributed by atoms with E-state index in [1.807, 2.05) is 4.90 Å². The first kappa shape index (κ1) is 18.8. The minimum Gasteiger partial charge on any atom is -0.352 e. The van der Waals surface area contributed by atoms with Gasteiger partial charge in [-0.25, -0.2) is 8.78 Å². The van der Waals surface area contributed by atoms with Gasteiger partial charge < -0.3 is 10.2 Å². The summed E-state index contributed by atoms with van der Waals surface area (Å²) in [6.07, 6.45) is 3.53. The molecular weight excluding hydrogens is 340 g/mol. The van der Waals surface area contributed by atoms with Crippen LogP contribution in [-0.4, -0.2) is 60.9 Å². The lowest BCUT2D eigenvalue weighted by Gasteiger charge is -2.34. The molecule has 1 aromatic rings. The van der Waals surface area contributed by atoms with Crippen LogP contribution in [0.2, 0.25) is 0 Å². The summed E-state index contributed by atoms with van der Waals surface area (Å²) in [6, 6.07) is 2.85. The molecule has 1 aliphatic carbocycles. The Kier molecular flexibility index (Phi) is 6.19. The molecule has 0 aromatic heterocycles. The minimum absolute atomic E-state index is 0.0956. The lowest BCUT2D eigenvalue weighted by atomic mass is 10.2. The third kappa shape index (κ3) is 5.24. The molecule has 5 nitrogen and oxygen atoms in total. The van der Waals surface area contributed by atoms with Crippen LogP contribution in [0.5, 0.6) is 0 Å². The van der Waals surface area contributed by atoms with Crippen LogP contribution in [0.15, 0.2) is 18.2 Å². The Morgan fingerprint density at radius 3 is 2.50 bits per heavy atom. The monoisotopic (exact) mass is 365 g/mol. The van der Waals surface area contributed by atoms with E-state index in [0.29, 0.717) is 18.9 Å². The highest BCUT2D eigenvalue weighted by Crippen LogP contribution is 2.29. The quantitative estimate of drug-likeness (QED) is 0.753. The van der Waals surface area contributed by atoms with Gasteiger partial charge in [0.2, 0.25) is 5.91 Å². The summed E-state index contributed by atoms with van der Waals surface area (Å²) in [6.45, 7) is 4.83. The van der Waals surface area contributed by atoms with E-state index in [-0.39, 0.29) is 18.0 Å². The fraction of sp³-hybridized carbons (Fsp3) is 0.579. The van der Waals surface area contributed by atoms with Gasteiger partial charge in [-0.05, 0) is 37.3 Å². The van der Waals surface area contributed by atoms with Gasteiger partial charge in [-0.1, -0.05) is 0 Å². The highest BCUT2D eigenvalue weighted by Gasteiger charge is 2.27. The second-order valence-electron chi connectivity index (χ2n) is 7.11. The molecule has 0 spiro atoms. The Balaban J connectivity index is 1.33. The molecule has 0 radical (unpaired) electrons. The van der Waals surface area contributed by atoms with Crippen molar-refractivity contribution in [3.8, 4) is 0 Å². The highest BCUT2D eigenvalue weighted by molar-refractivity contribution is 5.94. The van der Waals surface area contributed by atoms with Gasteiger partial charge in [-0.2, -0.15) is 0 Å². The van der Waals surface area contributed by atoms with Crippen LogP contribution in [0.1, 0.15) is 36.0 Å². The second-order valence-corrected chi connectivity index (χ2v) is 7.11. The maximum Gasteiger partial charge on any atom is 0.254 e. The van der Waals surface area contributed by atoms with E-state index in [1.54, 1.807) is 0 Å². The molecule has 1 N–H and O–H groups in total. The van der Waals surface area contributed by atoms with Crippen LogP contribution < -0.4 is 5.32 Å². The van der Waals surface area contributed by atoms with Gasteiger partial charge in [0.15, 0.2) is 0 Å². The molecule has 1 aliphatic heterocycles. The van der Waals surface area contributed by atoms with E-state index < -0.39 is 17.5 Å². The molecule has 0 bridgehead atoms. The number of hydrogen-bond donors (Lipinski definition) is 1. The highest BCUT2D eigenvalue weighted by atomic mass is 19.1. The van der Waals surface area contributed by atoms with Gasteiger partial charge in [0.05, 0.1) is 5.56 Å².